The number of hydrogen-bond donors (Lipinski definition) is 1. The number of hydrogen-bond acceptors (Lipinski definition) is 2. The molecule has 0 aliphatic rings. The van der Waals surface area contributed by atoms with Gasteiger partial charge in [0.2, 0.25) is 0 Å². The second-order valence-electron chi connectivity index (χ2n) is 5.06. The molecule has 20 heavy (non-hydrogen) atoms. The maximum Gasteiger partial charge on any atom is 0.122 e. The highest BCUT2D eigenvalue weighted by atomic mass is 79.9. The van der Waals surface area contributed by atoms with Crippen molar-refractivity contribution in [2.75, 3.05) is 12.4 Å². The first-order chi connectivity index (χ1) is 9.51. The highest BCUT2D eigenvalue weighted by Crippen LogP contribution is 2.24. The Labute approximate surface area is 129 Å². The van der Waals surface area contributed by atoms with Crippen LogP contribution in [-0.4, -0.2) is 7.11 Å². The van der Waals surface area contributed by atoms with Gasteiger partial charge < -0.3 is 10.1 Å². The highest BCUT2D eigenvalue weighted by Gasteiger charge is 2.05. The van der Waals surface area contributed by atoms with Gasteiger partial charge in [-0.05, 0) is 67.3 Å². The van der Waals surface area contributed by atoms with Crippen molar-refractivity contribution in [3.63, 3.8) is 0 Å². The molecular formula is C17H20BrNO. The summed E-state index contributed by atoms with van der Waals surface area (Å²) in [5, 5.41) is 3.50. The van der Waals surface area contributed by atoms with Crippen LogP contribution in [-0.2, 0) is 6.54 Å². The Kier molecular flexibility index (Phi) is 4.71. The molecule has 0 saturated carbocycles. The molecule has 2 nitrogen and oxygen atoms in total. The molecule has 106 valence electrons. The van der Waals surface area contributed by atoms with Crippen LogP contribution < -0.4 is 10.1 Å². The number of ether oxygens (including phenoxy) is 1. The molecule has 0 unspecified atom stereocenters. The van der Waals surface area contributed by atoms with Gasteiger partial charge in [-0.25, -0.2) is 0 Å². The van der Waals surface area contributed by atoms with Crippen LogP contribution in [0.25, 0.3) is 0 Å². The Bertz CT molecular complexity index is 623. The van der Waals surface area contributed by atoms with E-state index in [9.17, 15) is 0 Å². The summed E-state index contributed by atoms with van der Waals surface area (Å²) >= 11 is 3.49. The van der Waals surface area contributed by atoms with Gasteiger partial charge in [0.05, 0.1) is 7.11 Å². The van der Waals surface area contributed by atoms with Gasteiger partial charge in [-0.15, -0.1) is 0 Å². The summed E-state index contributed by atoms with van der Waals surface area (Å²) in [7, 11) is 1.71. The molecule has 0 saturated heterocycles. The maximum absolute atomic E-state index is 5.35. The molecule has 0 radical (unpaired) electrons. The molecule has 0 aliphatic heterocycles. The molecule has 0 spiro atoms. The van der Waals surface area contributed by atoms with E-state index in [0.717, 1.165) is 16.8 Å². The van der Waals surface area contributed by atoms with Crippen molar-refractivity contribution in [2.45, 2.75) is 27.3 Å². The first kappa shape index (κ1) is 14.9. The number of aryl methyl sites for hydroxylation is 3. The molecule has 0 fully saturated rings. The topological polar surface area (TPSA) is 21.3 Å². The number of anilines is 1. The molecule has 2 aromatic rings. The molecular weight excluding hydrogens is 314 g/mol. The lowest BCUT2D eigenvalue weighted by Crippen LogP contribution is -2.03. The number of methoxy groups -OCH3 is 1. The number of nitrogens with one attached hydrogen (secondary N) is 1. The number of benzene rings is 2. The summed E-state index contributed by atoms with van der Waals surface area (Å²) in [4.78, 5) is 0. The minimum absolute atomic E-state index is 0.819. The monoisotopic (exact) mass is 333 g/mol. The third kappa shape index (κ3) is 3.34. The molecule has 1 N–H and O–H groups in total. The van der Waals surface area contributed by atoms with E-state index in [1.54, 1.807) is 7.11 Å². The zero-order valence-electron chi connectivity index (χ0n) is 12.4. The van der Waals surface area contributed by atoms with Crippen molar-refractivity contribution in [3.05, 3.63) is 57.1 Å². The summed E-state index contributed by atoms with van der Waals surface area (Å²) in [6.45, 7) is 7.12. The lowest BCUT2D eigenvalue weighted by Gasteiger charge is -2.14. The molecule has 0 heterocycles. The molecule has 3 heteroatoms. The summed E-state index contributed by atoms with van der Waals surface area (Å²) in [6, 6.07) is 10.6. The normalized spacial score (nSPS) is 10.4. The summed E-state index contributed by atoms with van der Waals surface area (Å²) in [5.41, 5.74) is 6.12. The Morgan fingerprint density at radius 2 is 1.75 bits per heavy atom. The minimum atomic E-state index is 0.819. The predicted octanol–water partition coefficient (Wildman–Crippen LogP) is 5.00. The van der Waals surface area contributed by atoms with Crippen molar-refractivity contribution >= 4 is 21.6 Å². The first-order valence-electron chi connectivity index (χ1n) is 6.65. The third-order valence-corrected chi connectivity index (χ3v) is 4.00. The highest BCUT2D eigenvalue weighted by molar-refractivity contribution is 9.10. The Morgan fingerprint density at radius 3 is 2.40 bits per heavy atom. The van der Waals surface area contributed by atoms with Gasteiger partial charge in [-0.3, -0.25) is 0 Å². The standard InChI is InChI=1S/C17H20BrNO/c1-11-9-17(20-4)13(3)7-14(11)10-19-16-6-5-15(18)8-12(16)2/h5-9,19H,10H2,1-4H3. The Balaban J connectivity index is 2.16. The van der Waals surface area contributed by atoms with Crippen LogP contribution in [0.2, 0.25) is 0 Å². The average Bonchev–Trinajstić information content (AvgIpc) is 2.41. The van der Waals surface area contributed by atoms with Crippen LogP contribution in [0.3, 0.4) is 0 Å². The van der Waals surface area contributed by atoms with E-state index in [2.05, 4.69) is 72.3 Å². The summed E-state index contributed by atoms with van der Waals surface area (Å²) < 4.78 is 6.46. The Hall–Kier alpha value is -1.48. The van der Waals surface area contributed by atoms with Crippen LogP contribution in [0.4, 0.5) is 5.69 Å². The van der Waals surface area contributed by atoms with Gasteiger partial charge in [-0.2, -0.15) is 0 Å². The molecule has 0 atom stereocenters. The average molecular weight is 334 g/mol. The fourth-order valence-corrected chi connectivity index (χ4v) is 2.75. The second-order valence-corrected chi connectivity index (χ2v) is 5.98. The Morgan fingerprint density at radius 1 is 1.00 bits per heavy atom. The maximum atomic E-state index is 5.35. The van der Waals surface area contributed by atoms with Crippen molar-refractivity contribution < 1.29 is 4.74 Å². The van der Waals surface area contributed by atoms with Crippen LogP contribution in [0.15, 0.2) is 34.8 Å². The lowest BCUT2D eigenvalue weighted by molar-refractivity contribution is 0.411. The van der Waals surface area contributed by atoms with Gasteiger partial charge in [-0.1, -0.05) is 22.0 Å². The van der Waals surface area contributed by atoms with Crippen LogP contribution in [0.5, 0.6) is 5.75 Å². The smallest absolute Gasteiger partial charge is 0.122 e. The molecule has 2 aromatic carbocycles. The van der Waals surface area contributed by atoms with Crippen LogP contribution >= 0.6 is 15.9 Å². The van der Waals surface area contributed by atoms with Gasteiger partial charge in [0.15, 0.2) is 0 Å². The zero-order valence-corrected chi connectivity index (χ0v) is 14.0. The largest absolute Gasteiger partial charge is 0.496 e. The van der Waals surface area contributed by atoms with Crippen LogP contribution in [0.1, 0.15) is 22.3 Å². The number of halogens is 1. The molecule has 0 amide bonds. The third-order valence-electron chi connectivity index (χ3n) is 3.51. The van der Waals surface area contributed by atoms with Gasteiger partial charge in [0.25, 0.3) is 0 Å². The van der Waals surface area contributed by atoms with Crippen molar-refractivity contribution in [1.82, 2.24) is 0 Å². The van der Waals surface area contributed by atoms with Crippen LogP contribution in [0, 0.1) is 20.8 Å². The lowest BCUT2D eigenvalue weighted by atomic mass is 10.0. The van der Waals surface area contributed by atoms with E-state index in [-0.39, 0.29) is 0 Å². The van der Waals surface area contributed by atoms with Crippen molar-refractivity contribution in [1.29, 1.82) is 0 Å². The first-order valence-corrected chi connectivity index (χ1v) is 7.44. The second kappa shape index (κ2) is 6.31. The predicted molar refractivity (Wildman–Crippen MR) is 88.7 cm³/mol. The fraction of sp³-hybridized carbons (Fsp3) is 0.294. The van der Waals surface area contributed by atoms with E-state index in [1.165, 1.54) is 27.9 Å². The molecule has 0 aliphatic carbocycles. The minimum Gasteiger partial charge on any atom is -0.496 e. The van der Waals surface area contributed by atoms with E-state index in [4.69, 9.17) is 4.74 Å². The number of rotatable bonds is 4. The van der Waals surface area contributed by atoms with Gasteiger partial charge >= 0.3 is 0 Å². The van der Waals surface area contributed by atoms with E-state index in [0.29, 0.717) is 0 Å². The summed E-state index contributed by atoms with van der Waals surface area (Å²) in [5.74, 6) is 0.950. The van der Waals surface area contributed by atoms with E-state index < -0.39 is 0 Å². The SMILES string of the molecule is COc1cc(C)c(CNc2ccc(Br)cc2C)cc1C. The van der Waals surface area contributed by atoms with E-state index >= 15 is 0 Å². The zero-order chi connectivity index (χ0) is 14.7. The van der Waals surface area contributed by atoms with Crippen molar-refractivity contribution in [3.8, 4) is 5.75 Å². The molecule has 0 bridgehead atoms. The molecule has 0 aromatic heterocycles. The van der Waals surface area contributed by atoms with Gasteiger partial charge in [0, 0.05) is 16.7 Å². The fourth-order valence-electron chi connectivity index (χ4n) is 2.28. The van der Waals surface area contributed by atoms with Gasteiger partial charge in [0.1, 0.15) is 5.75 Å². The quantitative estimate of drug-likeness (QED) is 0.850. The van der Waals surface area contributed by atoms with E-state index in [1.807, 2.05) is 0 Å². The summed E-state index contributed by atoms with van der Waals surface area (Å²) in [6.07, 6.45) is 0. The van der Waals surface area contributed by atoms with Crippen molar-refractivity contribution in [2.24, 2.45) is 0 Å². The molecule has 2 rings (SSSR count).